The third-order valence-electron chi connectivity index (χ3n) is 2.77. The van der Waals surface area contributed by atoms with Gasteiger partial charge < -0.3 is 9.72 Å². The molecule has 0 spiro atoms. The van der Waals surface area contributed by atoms with E-state index in [1.54, 1.807) is 6.20 Å². The number of benzene rings is 1. The standard InChI is InChI=1S/C13H14N2O2/c1-8-4-5-10(6-9(8)2)11-7-14-12(15-11)13(16)17-3/h4-7H,1-3H3,(H,14,15). The summed E-state index contributed by atoms with van der Waals surface area (Å²) in [6, 6.07) is 6.10. The Balaban J connectivity index is 2.37. The number of aromatic amines is 1. The molecular weight excluding hydrogens is 216 g/mol. The average molecular weight is 230 g/mol. The van der Waals surface area contributed by atoms with Crippen molar-refractivity contribution in [1.82, 2.24) is 9.97 Å². The Morgan fingerprint density at radius 1 is 1.29 bits per heavy atom. The van der Waals surface area contributed by atoms with Crippen LogP contribution in [0.25, 0.3) is 11.3 Å². The number of esters is 1. The maximum absolute atomic E-state index is 11.3. The number of nitrogens with zero attached hydrogens (tertiary/aromatic N) is 1. The Morgan fingerprint density at radius 2 is 2.06 bits per heavy atom. The van der Waals surface area contributed by atoms with Crippen molar-refractivity contribution >= 4 is 5.97 Å². The maximum atomic E-state index is 11.3. The topological polar surface area (TPSA) is 55.0 Å². The number of aryl methyl sites for hydroxylation is 2. The summed E-state index contributed by atoms with van der Waals surface area (Å²) in [5.41, 5.74) is 4.27. The first kappa shape index (κ1) is 11.4. The summed E-state index contributed by atoms with van der Waals surface area (Å²) in [6.07, 6.45) is 1.64. The zero-order chi connectivity index (χ0) is 12.4. The SMILES string of the molecule is COC(=O)c1ncc(-c2ccc(C)c(C)c2)[nH]1. The third kappa shape index (κ3) is 2.20. The van der Waals surface area contributed by atoms with E-state index in [-0.39, 0.29) is 5.82 Å². The number of ether oxygens (including phenoxy) is 1. The smallest absolute Gasteiger partial charge is 0.374 e. The van der Waals surface area contributed by atoms with E-state index in [2.05, 4.69) is 34.6 Å². The maximum Gasteiger partial charge on any atom is 0.374 e. The van der Waals surface area contributed by atoms with Gasteiger partial charge in [-0.2, -0.15) is 0 Å². The molecule has 2 rings (SSSR count). The molecule has 1 N–H and O–H groups in total. The van der Waals surface area contributed by atoms with Crippen molar-refractivity contribution in [3.8, 4) is 11.3 Å². The van der Waals surface area contributed by atoms with Gasteiger partial charge in [0.15, 0.2) is 0 Å². The van der Waals surface area contributed by atoms with Crippen LogP contribution in [0.5, 0.6) is 0 Å². The molecule has 0 bridgehead atoms. The Labute approximate surface area is 99.7 Å². The molecule has 0 fully saturated rings. The zero-order valence-electron chi connectivity index (χ0n) is 10.1. The highest BCUT2D eigenvalue weighted by atomic mass is 16.5. The molecule has 1 aromatic carbocycles. The van der Waals surface area contributed by atoms with E-state index in [0.717, 1.165) is 11.3 Å². The van der Waals surface area contributed by atoms with Crippen LogP contribution >= 0.6 is 0 Å². The van der Waals surface area contributed by atoms with Gasteiger partial charge in [0.25, 0.3) is 0 Å². The first-order valence-corrected chi connectivity index (χ1v) is 5.33. The zero-order valence-corrected chi connectivity index (χ0v) is 10.1. The number of rotatable bonds is 2. The van der Waals surface area contributed by atoms with Crippen LogP contribution in [-0.2, 0) is 4.74 Å². The predicted octanol–water partition coefficient (Wildman–Crippen LogP) is 2.48. The van der Waals surface area contributed by atoms with E-state index in [0.29, 0.717) is 0 Å². The molecule has 0 saturated heterocycles. The van der Waals surface area contributed by atoms with Crippen LogP contribution in [0.2, 0.25) is 0 Å². The lowest BCUT2D eigenvalue weighted by Gasteiger charge is -2.02. The summed E-state index contributed by atoms with van der Waals surface area (Å²) in [7, 11) is 1.33. The molecule has 0 atom stereocenters. The normalized spacial score (nSPS) is 10.3. The molecule has 0 aliphatic rings. The second-order valence-corrected chi connectivity index (χ2v) is 3.94. The number of aromatic nitrogens is 2. The largest absolute Gasteiger partial charge is 0.463 e. The average Bonchev–Trinajstić information content (AvgIpc) is 2.81. The van der Waals surface area contributed by atoms with E-state index in [9.17, 15) is 4.79 Å². The minimum atomic E-state index is -0.458. The van der Waals surface area contributed by atoms with Crippen LogP contribution in [-0.4, -0.2) is 23.0 Å². The number of methoxy groups -OCH3 is 1. The molecule has 4 nitrogen and oxygen atoms in total. The highest BCUT2D eigenvalue weighted by Crippen LogP contribution is 2.20. The Kier molecular flexibility index (Phi) is 2.95. The number of hydrogen-bond acceptors (Lipinski definition) is 3. The van der Waals surface area contributed by atoms with Gasteiger partial charge in [0.1, 0.15) is 0 Å². The highest BCUT2D eigenvalue weighted by molar-refractivity contribution is 5.86. The number of carbonyl (C=O) groups excluding carboxylic acids is 1. The molecule has 0 saturated carbocycles. The third-order valence-corrected chi connectivity index (χ3v) is 2.77. The van der Waals surface area contributed by atoms with Gasteiger partial charge >= 0.3 is 5.97 Å². The van der Waals surface area contributed by atoms with Gasteiger partial charge in [-0.25, -0.2) is 9.78 Å². The number of nitrogens with one attached hydrogen (secondary N) is 1. The van der Waals surface area contributed by atoms with E-state index < -0.39 is 5.97 Å². The fourth-order valence-corrected chi connectivity index (χ4v) is 1.58. The highest BCUT2D eigenvalue weighted by Gasteiger charge is 2.11. The van der Waals surface area contributed by atoms with Crippen LogP contribution in [0.15, 0.2) is 24.4 Å². The fraction of sp³-hybridized carbons (Fsp3) is 0.231. The van der Waals surface area contributed by atoms with E-state index in [1.807, 2.05) is 12.1 Å². The van der Waals surface area contributed by atoms with Crippen molar-refractivity contribution in [2.45, 2.75) is 13.8 Å². The van der Waals surface area contributed by atoms with Gasteiger partial charge in [0, 0.05) is 0 Å². The second kappa shape index (κ2) is 4.41. The summed E-state index contributed by atoms with van der Waals surface area (Å²) in [4.78, 5) is 18.2. The fourth-order valence-electron chi connectivity index (χ4n) is 1.58. The van der Waals surface area contributed by atoms with Crippen LogP contribution in [0, 0.1) is 13.8 Å². The van der Waals surface area contributed by atoms with Crippen molar-refractivity contribution in [2.24, 2.45) is 0 Å². The molecule has 17 heavy (non-hydrogen) atoms. The Morgan fingerprint density at radius 3 is 2.71 bits per heavy atom. The molecule has 2 aromatic rings. The lowest BCUT2D eigenvalue weighted by atomic mass is 10.1. The van der Waals surface area contributed by atoms with Gasteiger partial charge in [-0.3, -0.25) is 0 Å². The van der Waals surface area contributed by atoms with E-state index in [4.69, 9.17) is 0 Å². The van der Waals surface area contributed by atoms with Crippen molar-refractivity contribution in [2.75, 3.05) is 7.11 Å². The van der Waals surface area contributed by atoms with Crippen molar-refractivity contribution in [3.05, 3.63) is 41.3 Å². The molecule has 0 radical (unpaired) electrons. The number of carbonyl (C=O) groups is 1. The van der Waals surface area contributed by atoms with Crippen LogP contribution in [0.4, 0.5) is 0 Å². The Hall–Kier alpha value is -2.10. The van der Waals surface area contributed by atoms with Gasteiger partial charge in [-0.1, -0.05) is 12.1 Å². The molecule has 0 unspecified atom stereocenters. The number of hydrogen-bond donors (Lipinski definition) is 1. The monoisotopic (exact) mass is 230 g/mol. The molecule has 0 aliphatic heterocycles. The lowest BCUT2D eigenvalue weighted by Crippen LogP contribution is -2.03. The number of H-pyrrole nitrogens is 1. The van der Waals surface area contributed by atoms with Crippen molar-refractivity contribution in [1.29, 1.82) is 0 Å². The molecule has 1 aromatic heterocycles. The van der Waals surface area contributed by atoms with Gasteiger partial charge in [-0.15, -0.1) is 0 Å². The van der Waals surface area contributed by atoms with Gasteiger partial charge in [-0.05, 0) is 36.6 Å². The van der Waals surface area contributed by atoms with Crippen LogP contribution < -0.4 is 0 Å². The van der Waals surface area contributed by atoms with E-state index >= 15 is 0 Å². The molecule has 4 heteroatoms. The molecular formula is C13H14N2O2. The molecule has 1 heterocycles. The minimum absolute atomic E-state index is 0.223. The van der Waals surface area contributed by atoms with Gasteiger partial charge in [0.05, 0.1) is 19.0 Å². The van der Waals surface area contributed by atoms with Crippen LogP contribution in [0.3, 0.4) is 0 Å². The first-order valence-electron chi connectivity index (χ1n) is 5.33. The predicted molar refractivity (Wildman–Crippen MR) is 64.8 cm³/mol. The summed E-state index contributed by atoms with van der Waals surface area (Å²) >= 11 is 0. The summed E-state index contributed by atoms with van der Waals surface area (Å²) in [5.74, 6) is -0.235. The summed E-state index contributed by atoms with van der Waals surface area (Å²) in [6.45, 7) is 4.11. The second-order valence-electron chi connectivity index (χ2n) is 3.94. The lowest BCUT2D eigenvalue weighted by molar-refractivity contribution is 0.0588. The van der Waals surface area contributed by atoms with Crippen LogP contribution in [0.1, 0.15) is 21.7 Å². The Bertz CT molecular complexity index is 558. The first-order chi connectivity index (χ1) is 8.11. The summed E-state index contributed by atoms with van der Waals surface area (Å²) < 4.78 is 4.60. The molecule has 0 aliphatic carbocycles. The molecule has 88 valence electrons. The number of imidazole rings is 1. The van der Waals surface area contributed by atoms with Gasteiger partial charge in [0.2, 0.25) is 5.82 Å². The minimum Gasteiger partial charge on any atom is -0.463 e. The van der Waals surface area contributed by atoms with Crippen molar-refractivity contribution in [3.63, 3.8) is 0 Å². The summed E-state index contributed by atoms with van der Waals surface area (Å²) in [5, 5.41) is 0. The molecule has 0 amide bonds. The van der Waals surface area contributed by atoms with Crippen molar-refractivity contribution < 1.29 is 9.53 Å². The van der Waals surface area contributed by atoms with E-state index in [1.165, 1.54) is 18.2 Å². The quantitative estimate of drug-likeness (QED) is 0.806.